The highest BCUT2D eigenvalue weighted by Gasteiger charge is 2.07. The van der Waals surface area contributed by atoms with E-state index in [0.717, 1.165) is 17.0 Å². The fourth-order valence-electron chi connectivity index (χ4n) is 1.26. The Labute approximate surface area is 81.7 Å². The molecule has 1 N–H and O–H groups in total. The van der Waals surface area contributed by atoms with E-state index in [1.165, 1.54) is 0 Å². The number of hydrogen-bond donors (Lipinski definition) is 1. The SMILES string of the molecule is CNCc1cc(-c2cnn(C)c2)on1. The number of aromatic nitrogens is 3. The van der Waals surface area contributed by atoms with Crippen molar-refractivity contribution in [3.8, 4) is 11.3 Å². The van der Waals surface area contributed by atoms with E-state index in [1.54, 1.807) is 10.9 Å². The van der Waals surface area contributed by atoms with Crippen LogP contribution in [-0.4, -0.2) is 22.0 Å². The summed E-state index contributed by atoms with van der Waals surface area (Å²) in [6, 6.07) is 1.91. The molecule has 0 aliphatic carbocycles. The van der Waals surface area contributed by atoms with Gasteiger partial charge in [-0.2, -0.15) is 5.10 Å². The topological polar surface area (TPSA) is 55.9 Å². The summed E-state index contributed by atoms with van der Waals surface area (Å²) in [4.78, 5) is 0. The van der Waals surface area contributed by atoms with Gasteiger partial charge in [-0.05, 0) is 7.05 Å². The zero-order chi connectivity index (χ0) is 9.97. The summed E-state index contributed by atoms with van der Waals surface area (Å²) in [5, 5.41) is 11.0. The molecule has 0 saturated heterocycles. The Hall–Kier alpha value is -1.62. The normalized spacial score (nSPS) is 10.7. The van der Waals surface area contributed by atoms with Crippen molar-refractivity contribution in [2.45, 2.75) is 6.54 Å². The van der Waals surface area contributed by atoms with E-state index in [4.69, 9.17) is 4.52 Å². The van der Waals surface area contributed by atoms with Crippen molar-refractivity contribution in [3.63, 3.8) is 0 Å². The molecular weight excluding hydrogens is 180 g/mol. The van der Waals surface area contributed by atoms with Crippen LogP contribution in [0.4, 0.5) is 0 Å². The van der Waals surface area contributed by atoms with Gasteiger partial charge in [0.2, 0.25) is 0 Å². The van der Waals surface area contributed by atoms with Crippen molar-refractivity contribution in [2.24, 2.45) is 7.05 Å². The highest BCUT2D eigenvalue weighted by atomic mass is 16.5. The van der Waals surface area contributed by atoms with Crippen LogP contribution in [0, 0.1) is 0 Å². The third kappa shape index (κ3) is 1.67. The third-order valence-electron chi connectivity index (χ3n) is 1.91. The van der Waals surface area contributed by atoms with Gasteiger partial charge in [-0.1, -0.05) is 5.16 Å². The van der Waals surface area contributed by atoms with Gasteiger partial charge < -0.3 is 9.84 Å². The predicted molar refractivity (Wildman–Crippen MR) is 51.5 cm³/mol. The van der Waals surface area contributed by atoms with Gasteiger partial charge in [-0.25, -0.2) is 0 Å². The first-order chi connectivity index (χ1) is 6.79. The summed E-state index contributed by atoms with van der Waals surface area (Å²) in [6.45, 7) is 0.712. The summed E-state index contributed by atoms with van der Waals surface area (Å²) in [5.41, 5.74) is 1.84. The van der Waals surface area contributed by atoms with E-state index in [-0.39, 0.29) is 0 Å². The van der Waals surface area contributed by atoms with Crippen molar-refractivity contribution >= 4 is 0 Å². The third-order valence-corrected chi connectivity index (χ3v) is 1.91. The van der Waals surface area contributed by atoms with Gasteiger partial charge in [0.1, 0.15) is 0 Å². The van der Waals surface area contributed by atoms with Gasteiger partial charge in [0, 0.05) is 25.9 Å². The second-order valence-corrected chi connectivity index (χ2v) is 3.12. The molecule has 5 nitrogen and oxygen atoms in total. The first-order valence-electron chi connectivity index (χ1n) is 4.39. The predicted octanol–water partition coefficient (Wildman–Crippen LogP) is 0.794. The van der Waals surface area contributed by atoms with Crippen molar-refractivity contribution in [2.75, 3.05) is 7.05 Å². The van der Waals surface area contributed by atoms with Crippen LogP contribution in [0.2, 0.25) is 0 Å². The smallest absolute Gasteiger partial charge is 0.170 e. The van der Waals surface area contributed by atoms with E-state index in [9.17, 15) is 0 Å². The lowest BCUT2D eigenvalue weighted by atomic mass is 10.2. The van der Waals surface area contributed by atoms with Crippen LogP contribution < -0.4 is 5.32 Å². The molecule has 2 rings (SSSR count). The molecule has 2 heterocycles. The minimum absolute atomic E-state index is 0.712. The summed E-state index contributed by atoms with van der Waals surface area (Å²) < 4.78 is 6.90. The first kappa shape index (κ1) is 8.96. The number of hydrogen-bond acceptors (Lipinski definition) is 4. The lowest BCUT2D eigenvalue weighted by Crippen LogP contribution is -2.04. The highest BCUT2D eigenvalue weighted by Crippen LogP contribution is 2.18. The number of nitrogens with zero attached hydrogens (tertiary/aromatic N) is 3. The van der Waals surface area contributed by atoms with Crippen LogP contribution in [0.25, 0.3) is 11.3 Å². The zero-order valence-corrected chi connectivity index (χ0v) is 8.19. The fourth-order valence-corrected chi connectivity index (χ4v) is 1.26. The molecule has 2 aromatic rings. The van der Waals surface area contributed by atoms with E-state index >= 15 is 0 Å². The Morgan fingerprint density at radius 2 is 2.43 bits per heavy atom. The summed E-state index contributed by atoms with van der Waals surface area (Å²) in [6.07, 6.45) is 3.65. The van der Waals surface area contributed by atoms with E-state index in [1.807, 2.05) is 26.4 Å². The summed E-state index contributed by atoms with van der Waals surface area (Å²) in [7, 11) is 3.74. The molecule has 0 fully saturated rings. The molecule has 0 atom stereocenters. The maximum absolute atomic E-state index is 5.17. The molecule has 5 heteroatoms. The van der Waals surface area contributed by atoms with Crippen LogP contribution in [0.5, 0.6) is 0 Å². The molecule has 0 bridgehead atoms. The molecule has 0 aromatic carbocycles. The molecule has 0 saturated carbocycles. The van der Waals surface area contributed by atoms with Gasteiger partial charge in [0.05, 0.1) is 17.5 Å². The van der Waals surface area contributed by atoms with E-state index in [0.29, 0.717) is 6.54 Å². The highest BCUT2D eigenvalue weighted by molar-refractivity contribution is 5.54. The average molecular weight is 192 g/mol. The quantitative estimate of drug-likeness (QED) is 0.781. The van der Waals surface area contributed by atoms with Crippen LogP contribution in [0.1, 0.15) is 5.69 Å². The minimum atomic E-state index is 0.712. The molecule has 0 aliphatic rings. The summed E-state index contributed by atoms with van der Waals surface area (Å²) >= 11 is 0. The van der Waals surface area contributed by atoms with Crippen LogP contribution in [-0.2, 0) is 13.6 Å². The molecule has 14 heavy (non-hydrogen) atoms. The van der Waals surface area contributed by atoms with Gasteiger partial charge in [-0.15, -0.1) is 0 Å². The Kier molecular flexibility index (Phi) is 2.32. The standard InChI is InChI=1S/C9H12N4O/c1-10-5-8-3-9(14-12-8)7-4-11-13(2)6-7/h3-4,6,10H,5H2,1-2H3. The minimum Gasteiger partial charge on any atom is -0.356 e. The first-order valence-corrected chi connectivity index (χ1v) is 4.39. The lowest BCUT2D eigenvalue weighted by molar-refractivity contribution is 0.421. The molecule has 0 unspecified atom stereocenters. The van der Waals surface area contributed by atoms with Gasteiger partial charge in [0.15, 0.2) is 5.76 Å². The summed E-state index contributed by atoms with van der Waals surface area (Å²) in [5.74, 6) is 0.753. The van der Waals surface area contributed by atoms with Crippen molar-refractivity contribution in [1.82, 2.24) is 20.3 Å². The van der Waals surface area contributed by atoms with Crippen molar-refractivity contribution < 1.29 is 4.52 Å². The van der Waals surface area contributed by atoms with Gasteiger partial charge >= 0.3 is 0 Å². The molecule has 0 aliphatic heterocycles. The largest absolute Gasteiger partial charge is 0.356 e. The second kappa shape index (κ2) is 3.63. The molecular formula is C9H12N4O. The molecule has 74 valence electrons. The Morgan fingerprint density at radius 3 is 3.07 bits per heavy atom. The maximum Gasteiger partial charge on any atom is 0.170 e. The monoisotopic (exact) mass is 192 g/mol. The molecule has 0 amide bonds. The maximum atomic E-state index is 5.17. The lowest BCUT2D eigenvalue weighted by Gasteiger charge is -1.87. The number of aryl methyl sites for hydroxylation is 1. The van der Waals surface area contributed by atoms with Crippen LogP contribution in [0.15, 0.2) is 23.0 Å². The second-order valence-electron chi connectivity index (χ2n) is 3.12. The zero-order valence-electron chi connectivity index (χ0n) is 8.19. The fraction of sp³-hybridized carbons (Fsp3) is 0.333. The Balaban J connectivity index is 2.24. The van der Waals surface area contributed by atoms with Gasteiger partial charge in [-0.3, -0.25) is 4.68 Å². The van der Waals surface area contributed by atoms with E-state index in [2.05, 4.69) is 15.6 Å². The van der Waals surface area contributed by atoms with Crippen molar-refractivity contribution in [1.29, 1.82) is 0 Å². The average Bonchev–Trinajstić information content (AvgIpc) is 2.74. The number of rotatable bonds is 3. The number of nitrogens with one attached hydrogen (secondary N) is 1. The van der Waals surface area contributed by atoms with Crippen LogP contribution in [0.3, 0.4) is 0 Å². The van der Waals surface area contributed by atoms with Crippen molar-refractivity contribution in [3.05, 3.63) is 24.2 Å². The van der Waals surface area contributed by atoms with Crippen LogP contribution >= 0.6 is 0 Å². The van der Waals surface area contributed by atoms with E-state index < -0.39 is 0 Å². The Bertz CT molecular complexity index is 418. The molecule has 2 aromatic heterocycles. The molecule has 0 spiro atoms. The molecule has 0 radical (unpaired) electrons. The van der Waals surface area contributed by atoms with Gasteiger partial charge in [0.25, 0.3) is 0 Å². The Morgan fingerprint density at radius 1 is 1.57 bits per heavy atom.